The molecule has 0 aliphatic heterocycles. The summed E-state index contributed by atoms with van der Waals surface area (Å²) in [5.41, 5.74) is 0.892. The largest absolute Gasteiger partial charge is 0.396 e. The molecule has 19 heavy (non-hydrogen) atoms. The van der Waals surface area contributed by atoms with Gasteiger partial charge in [-0.15, -0.1) is 5.10 Å². The van der Waals surface area contributed by atoms with Gasteiger partial charge in [0.25, 0.3) is 0 Å². The summed E-state index contributed by atoms with van der Waals surface area (Å²) in [4.78, 5) is 7.37. The van der Waals surface area contributed by atoms with Crippen molar-refractivity contribution in [1.29, 1.82) is 0 Å². The van der Waals surface area contributed by atoms with E-state index in [9.17, 15) is 0 Å². The van der Waals surface area contributed by atoms with Gasteiger partial charge in [0.15, 0.2) is 0 Å². The number of hydrogen-bond donors (Lipinski definition) is 3. The van der Waals surface area contributed by atoms with E-state index >= 15 is 0 Å². The van der Waals surface area contributed by atoms with Gasteiger partial charge in [-0.3, -0.25) is 4.68 Å². The smallest absolute Gasteiger partial charge is 0.123 e. The molecule has 2 aromatic rings. The molecule has 0 aliphatic rings. The Morgan fingerprint density at radius 3 is 3.11 bits per heavy atom. The van der Waals surface area contributed by atoms with E-state index < -0.39 is 0 Å². The van der Waals surface area contributed by atoms with Crippen molar-refractivity contribution < 1.29 is 5.11 Å². The zero-order chi connectivity index (χ0) is 13.5. The Labute approximate surface area is 112 Å². The molecule has 0 amide bonds. The van der Waals surface area contributed by atoms with Gasteiger partial charge in [0.2, 0.25) is 0 Å². The highest BCUT2D eigenvalue weighted by molar-refractivity contribution is 4.98. The van der Waals surface area contributed by atoms with Crippen LogP contribution >= 0.6 is 0 Å². The molecular weight excluding hydrogens is 244 g/mol. The molecule has 0 aliphatic carbocycles. The number of hydrogen-bond acceptors (Lipinski definition) is 5. The minimum atomic E-state index is 0.170. The van der Waals surface area contributed by atoms with Crippen LogP contribution in [-0.2, 0) is 13.1 Å². The number of H-pyrrole nitrogens is 1. The second kappa shape index (κ2) is 7.01. The van der Waals surface area contributed by atoms with Crippen molar-refractivity contribution in [1.82, 2.24) is 30.3 Å². The number of aromatic amines is 1. The van der Waals surface area contributed by atoms with Crippen molar-refractivity contribution in [3.63, 3.8) is 0 Å². The summed E-state index contributed by atoms with van der Waals surface area (Å²) in [6.45, 7) is 3.62. The van der Waals surface area contributed by atoms with Crippen LogP contribution in [0.4, 0.5) is 0 Å². The maximum atomic E-state index is 8.76. The van der Waals surface area contributed by atoms with Gasteiger partial charge < -0.3 is 15.4 Å². The van der Waals surface area contributed by atoms with E-state index in [1.807, 2.05) is 12.4 Å². The van der Waals surface area contributed by atoms with Gasteiger partial charge in [-0.05, 0) is 12.8 Å². The Bertz CT molecular complexity index is 466. The van der Waals surface area contributed by atoms with Gasteiger partial charge in [-0.1, -0.05) is 12.1 Å². The molecule has 0 aromatic carbocycles. The number of aliphatic hydroxyl groups excluding tert-OH is 1. The lowest BCUT2D eigenvalue weighted by molar-refractivity contribution is 0.276. The first kappa shape index (κ1) is 13.7. The summed E-state index contributed by atoms with van der Waals surface area (Å²) in [6.07, 6.45) is 7.12. The van der Waals surface area contributed by atoms with Crippen LogP contribution in [0.2, 0.25) is 0 Å². The van der Waals surface area contributed by atoms with Crippen molar-refractivity contribution in [2.24, 2.45) is 0 Å². The van der Waals surface area contributed by atoms with E-state index in [1.54, 1.807) is 10.9 Å². The van der Waals surface area contributed by atoms with Crippen molar-refractivity contribution in [3.05, 3.63) is 30.1 Å². The maximum Gasteiger partial charge on any atom is 0.123 e. The van der Waals surface area contributed by atoms with E-state index in [0.29, 0.717) is 19.5 Å². The van der Waals surface area contributed by atoms with Crippen LogP contribution in [0.3, 0.4) is 0 Å². The molecule has 0 saturated heterocycles. The van der Waals surface area contributed by atoms with Crippen molar-refractivity contribution >= 4 is 0 Å². The Morgan fingerprint density at radius 2 is 2.42 bits per heavy atom. The van der Waals surface area contributed by atoms with E-state index in [-0.39, 0.29) is 12.6 Å². The third-order valence-corrected chi connectivity index (χ3v) is 2.92. The summed E-state index contributed by atoms with van der Waals surface area (Å²) in [6, 6.07) is 0.192. The van der Waals surface area contributed by atoms with E-state index in [0.717, 1.165) is 17.9 Å². The first-order valence-electron chi connectivity index (χ1n) is 6.56. The van der Waals surface area contributed by atoms with E-state index in [1.165, 1.54) is 0 Å². The molecule has 0 fully saturated rings. The van der Waals surface area contributed by atoms with Gasteiger partial charge in [0.1, 0.15) is 5.82 Å². The molecule has 0 radical (unpaired) electrons. The van der Waals surface area contributed by atoms with Crippen LogP contribution in [-0.4, -0.2) is 36.7 Å². The topological polar surface area (TPSA) is 91.7 Å². The molecule has 2 rings (SSSR count). The Balaban J connectivity index is 1.85. The SMILES string of the molecule is CCC(NCc1cn(CCCO)nn1)c1ncc[nH]1. The Kier molecular flexibility index (Phi) is 5.05. The predicted octanol–water partition coefficient (Wildman–Crippen LogP) is 0.624. The van der Waals surface area contributed by atoms with Crippen molar-refractivity contribution in [2.75, 3.05) is 6.61 Å². The van der Waals surface area contributed by atoms with Crippen LogP contribution in [0.5, 0.6) is 0 Å². The van der Waals surface area contributed by atoms with Gasteiger partial charge in [-0.25, -0.2) is 4.98 Å². The average molecular weight is 264 g/mol. The summed E-state index contributed by atoms with van der Waals surface area (Å²) in [5.74, 6) is 0.940. The number of nitrogens with zero attached hydrogens (tertiary/aromatic N) is 4. The molecule has 1 atom stereocenters. The highest BCUT2D eigenvalue weighted by Gasteiger charge is 2.11. The third-order valence-electron chi connectivity index (χ3n) is 2.92. The maximum absolute atomic E-state index is 8.76. The number of nitrogens with one attached hydrogen (secondary N) is 2. The normalized spacial score (nSPS) is 12.7. The minimum Gasteiger partial charge on any atom is -0.396 e. The molecule has 0 bridgehead atoms. The molecule has 7 nitrogen and oxygen atoms in total. The highest BCUT2D eigenvalue weighted by Crippen LogP contribution is 2.11. The summed E-state index contributed by atoms with van der Waals surface area (Å²) in [5, 5.41) is 20.3. The number of rotatable bonds is 8. The first-order valence-corrected chi connectivity index (χ1v) is 6.56. The second-order valence-electron chi connectivity index (χ2n) is 4.37. The van der Waals surface area contributed by atoms with Gasteiger partial charge in [0, 0.05) is 38.3 Å². The molecule has 1 unspecified atom stereocenters. The van der Waals surface area contributed by atoms with Crippen molar-refractivity contribution in [2.45, 2.75) is 38.9 Å². The summed E-state index contributed by atoms with van der Waals surface area (Å²) in [7, 11) is 0. The molecule has 3 N–H and O–H groups in total. The molecule has 2 aromatic heterocycles. The minimum absolute atomic E-state index is 0.170. The fourth-order valence-corrected chi connectivity index (χ4v) is 1.89. The molecule has 0 saturated carbocycles. The lowest BCUT2D eigenvalue weighted by atomic mass is 10.2. The fourth-order valence-electron chi connectivity index (χ4n) is 1.89. The summed E-state index contributed by atoms with van der Waals surface area (Å²) < 4.78 is 1.75. The van der Waals surface area contributed by atoms with E-state index in [4.69, 9.17) is 5.11 Å². The number of aromatic nitrogens is 5. The number of aryl methyl sites for hydroxylation is 1. The zero-order valence-corrected chi connectivity index (χ0v) is 11.1. The Morgan fingerprint density at radius 1 is 1.53 bits per heavy atom. The zero-order valence-electron chi connectivity index (χ0n) is 11.1. The van der Waals surface area contributed by atoms with Crippen LogP contribution in [0.15, 0.2) is 18.6 Å². The van der Waals surface area contributed by atoms with Gasteiger partial charge >= 0.3 is 0 Å². The third kappa shape index (κ3) is 3.87. The molecular formula is C12H20N6O. The van der Waals surface area contributed by atoms with E-state index in [2.05, 4.69) is 32.5 Å². The summed E-state index contributed by atoms with van der Waals surface area (Å²) >= 11 is 0. The number of aliphatic hydroxyl groups is 1. The monoisotopic (exact) mass is 264 g/mol. The molecule has 104 valence electrons. The lowest BCUT2D eigenvalue weighted by Gasteiger charge is -2.13. The van der Waals surface area contributed by atoms with Crippen molar-refractivity contribution in [3.8, 4) is 0 Å². The molecule has 7 heteroatoms. The first-order chi connectivity index (χ1) is 9.33. The Hall–Kier alpha value is -1.73. The van der Waals surface area contributed by atoms with Crippen LogP contribution < -0.4 is 5.32 Å². The van der Waals surface area contributed by atoms with Crippen LogP contribution in [0, 0.1) is 0 Å². The fraction of sp³-hybridized carbons (Fsp3) is 0.583. The van der Waals surface area contributed by atoms with Crippen LogP contribution in [0.1, 0.15) is 37.3 Å². The van der Waals surface area contributed by atoms with Gasteiger partial charge in [0.05, 0.1) is 11.7 Å². The highest BCUT2D eigenvalue weighted by atomic mass is 16.3. The standard InChI is InChI=1S/C12H20N6O/c1-2-11(12-13-4-5-14-12)15-8-10-9-18(17-16-10)6-3-7-19/h4-5,9,11,15,19H,2-3,6-8H2,1H3,(H,13,14). The molecule has 2 heterocycles. The number of imidazole rings is 1. The molecule has 0 spiro atoms. The quantitative estimate of drug-likeness (QED) is 0.650. The average Bonchev–Trinajstić information content (AvgIpc) is 3.08. The second-order valence-corrected chi connectivity index (χ2v) is 4.37. The van der Waals surface area contributed by atoms with Gasteiger partial charge in [-0.2, -0.15) is 0 Å². The van der Waals surface area contributed by atoms with Crippen LogP contribution in [0.25, 0.3) is 0 Å². The lowest BCUT2D eigenvalue weighted by Crippen LogP contribution is -2.21. The predicted molar refractivity (Wildman–Crippen MR) is 70.2 cm³/mol.